The van der Waals surface area contributed by atoms with Crippen LogP contribution in [0.15, 0.2) is 43.0 Å². The number of hydrazine groups is 1. The summed E-state index contributed by atoms with van der Waals surface area (Å²) in [6, 6.07) is 5.49. The lowest BCUT2D eigenvalue weighted by Crippen LogP contribution is -2.35. The van der Waals surface area contributed by atoms with E-state index in [0.29, 0.717) is 17.5 Å². The second kappa shape index (κ2) is 5.44. The Bertz CT molecular complexity index is 711. The van der Waals surface area contributed by atoms with Crippen molar-refractivity contribution >= 4 is 23.2 Å². The first-order chi connectivity index (χ1) is 9.72. The Morgan fingerprint density at radius 3 is 2.85 bits per heavy atom. The van der Waals surface area contributed by atoms with E-state index in [9.17, 15) is 0 Å². The van der Waals surface area contributed by atoms with Gasteiger partial charge in [0.2, 0.25) is 5.95 Å². The molecule has 0 unspecified atom stereocenters. The van der Waals surface area contributed by atoms with Crippen molar-refractivity contribution in [3.8, 4) is 0 Å². The van der Waals surface area contributed by atoms with E-state index in [-0.39, 0.29) is 0 Å². The summed E-state index contributed by atoms with van der Waals surface area (Å²) in [5.41, 5.74) is 4.97. The van der Waals surface area contributed by atoms with Crippen molar-refractivity contribution in [2.45, 2.75) is 6.54 Å². The number of pyridine rings is 1. The van der Waals surface area contributed by atoms with Crippen molar-refractivity contribution in [3.05, 3.63) is 53.7 Å². The molecule has 102 valence electrons. The van der Waals surface area contributed by atoms with E-state index < -0.39 is 0 Å². The summed E-state index contributed by atoms with van der Waals surface area (Å²) in [5.74, 6) is 0.610. The fourth-order valence-corrected chi connectivity index (χ4v) is 2.01. The zero-order valence-electron chi connectivity index (χ0n) is 10.9. The van der Waals surface area contributed by atoms with E-state index in [1.165, 1.54) is 0 Å². The molecular formula is C13H13ClN6. The molecule has 0 aliphatic heterocycles. The van der Waals surface area contributed by atoms with Gasteiger partial charge in [-0.1, -0.05) is 11.6 Å². The average Bonchev–Trinajstić information content (AvgIpc) is 2.87. The van der Waals surface area contributed by atoms with Gasteiger partial charge in [0.15, 0.2) is 0 Å². The van der Waals surface area contributed by atoms with Gasteiger partial charge in [-0.05, 0) is 18.2 Å². The monoisotopic (exact) mass is 288 g/mol. The van der Waals surface area contributed by atoms with E-state index in [2.05, 4.69) is 20.4 Å². The molecule has 0 atom stereocenters. The molecule has 0 aliphatic carbocycles. The first kappa shape index (κ1) is 12.8. The first-order valence-electron chi connectivity index (χ1n) is 6.10. The predicted octanol–water partition coefficient (Wildman–Crippen LogP) is 1.92. The Morgan fingerprint density at radius 1 is 1.25 bits per heavy atom. The molecule has 0 aliphatic rings. The molecule has 0 spiro atoms. The minimum absolute atomic E-state index is 0.577. The van der Waals surface area contributed by atoms with Crippen LogP contribution in [-0.4, -0.2) is 26.4 Å². The Kier molecular flexibility index (Phi) is 3.49. The smallest absolute Gasteiger partial charge is 0.239 e. The molecule has 0 radical (unpaired) electrons. The Hall–Kier alpha value is -2.18. The molecule has 6 nitrogen and oxygen atoms in total. The molecule has 0 bridgehead atoms. The van der Waals surface area contributed by atoms with Gasteiger partial charge < -0.3 is 4.40 Å². The summed E-state index contributed by atoms with van der Waals surface area (Å²) in [4.78, 5) is 12.8. The minimum atomic E-state index is 0.577. The molecule has 0 saturated carbocycles. The van der Waals surface area contributed by atoms with Gasteiger partial charge in [-0.15, -0.1) is 0 Å². The van der Waals surface area contributed by atoms with Crippen LogP contribution in [0.1, 0.15) is 5.69 Å². The van der Waals surface area contributed by atoms with Crippen molar-refractivity contribution in [1.82, 2.24) is 24.8 Å². The summed E-state index contributed by atoms with van der Waals surface area (Å²) in [5, 5.41) is 2.45. The average molecular weight is 289 g/mol. The van der Waals surface area contributed by atoms with Crippen molar-refractivity contribution in [2.24, 2.45) is 0 Å². The van der Waals surface area contributed by atoms with E-state index in [4.69, 9.17) is 11.6 Å². The number of imidazole rings is 1. The number of aromatic nitrogens is 4. The van der Waals surface area contributed by atoms with Crippen LogP contribution in [0.4, 0.5) is 5.95 Å². The number of halogens is 1. The van der Waals surface area contributed by atoms with Gasteiger partial charge in [0.1, 0.15) is 5.65 Å². The number of hydrogen-bond acceptors (Lipinski definition) is 5. The molecule has 3 aromatic rings. The summed E-state index contributed by atoms with van der Waals surface area (Å²) in [6.45, 7) is 0.577. The fraction of sp³-hybridized carbons (Fsp3) is 0.154. The zero-order valence-corrected chi connectivity index (χ0v) is 11.6. The molecule has 0 amide bonds. The number of hydrogen-bond donors (Lipinski definition) is 1. The van der Waals surface area contributed by atoms with Gasteiger partial charge in [0.05, 0.1) is 17.3 Å². The van der Waals surface area contributed by atoms with Crippen LogP contribution in [-0.2, 0) is 6.54 Å². The third-order valence-corrected chi connectivity index (χ3v) is 3.04. The van der Waals surface area contributed by atoms with Crippen LogP contribution >= 0.6 is 11.6 Å². The highest BCUT2D eigenvalue weighted by Crippen LogP contribution is 2.11. The number of nitrogens with zero attached hydrogens (tertiary/aromatic N) is 5. The maximum atomic E-state index is 5.95. The van der Waals surface area contributed by atoms with Crippen LogP contribution < -0.4 is 10.4 Å². The topological polar surface area (TPSA) is 58.4 Å². The van der Waals surface area contributed by atoms with Crippen molar-refractivity contribution in [3.63, 3.8) is 0 Å². The molecule has 3 aromatic heterocycles. The van der Waals surface area contributed by atoms with Crippen LogP contribution in [0.2, 0.25) is 5.02 Å². The maximum Gasteiger partial charge on any atom is 0.239 e. The third kappa shape index (κ3) is 2.71. The highest BCUT2D eigenvalue weighted by Gasteiger charge is 2.05. The summed E-state index contributed by atoms with van der Waals surface area (Å²) < 4.78 is 1.90. The molecule has 0 aromatic carbocycles. The molecule has 3 heterocycles. The summed E-state index contributed by atoms with van der Waals surface area (Å²) in [7, 11) is 1.86. The van der Waals surface area contributed by atoms with Crippen molar-refractivity contribution in [1.29, 1.82) is 0 Å². The third-order valence-electron chi connectivity index (χ3n) is 2.81. The van der Waals surface area contributed by atoms with Crippen molar-refractivity contribution in [2.75, 3.05) is 12.1 Å². The largest absolute Gasteiger partial charge is 0.305 e. The minimum Gasteiger partial charge on any atom is -0.305 e. The molecule has 7 heteroatoms. The van der Waals surface area contributed by atoms with Crippen LogP contribution in [0.25, 0.3) is 5.65 Å². The second-order valence-corrected chi connectivity index (χ2v) is 4.72. The van der Waals surface area contributed by atoms with Crippen LogP contribution in [0.5, 0.6) is 0 Å². The van der Waals surface area contributed by atoms with Gasteiger partial charge in [-0.3, -0.25) is 5.01 Å². The zero-order chi connectivity index (χ0) is 13.9. The van der Waals surface area contributed by atoms with Gasteiger partial charge >= 0.3 is 0 Å². The van der Waals surface area contributed by atoms with E-state index in [1.54, 1.807) is 23.5 Å². The van der Waals surface area contributed by atoms with Crippen molar-refractivity contribution < 1.29 is 0 Å². The predicted molar refractivity (Wildman–Crippen MR) is 77.5 cm³/mol. The summed E-state index contributed by atoms with van der Waals surface area (Å²) in [6.07, 6.45) is 7.17. The lowest BCUT2D eigenvalue weighted by atomic mass is 10.5. The Labute approximate surface area is 121 Å². The first-order valence-corrected chi connectivity index (χ1v) is 6.47. The molecule has 20 heavy (non-hydrogen) atoms. The lowest BCUT2D eigenvalue weighted by Gasteiger charge is -2.16. The van der Waals surface area contributed by atoms with Gasteiger partial charge in [0, 0.05) is 31.8 Å². The molecule has 3 rings (SSSR count). The highest BCUT2D eigenvalue weighted by atomic mass is 35.5. The normalized spacial score (nSPS) is 10.9. The van der Waals surface area contributed by atoms with Crippen LogP contribution in [0, 0.1) is 0 Å². The Balaban J connectivity index is 1.71. The van der Waals surface area contributed by atoms with Gasteiger partial charge in [0.25, 0.3) is 0 Å². The quantitative estimate of drug-likeness (QED) is 0.743. The second-order valence-electron chi connectivity index (χ2n) is 4.29. The van der Waals surface area contributed by atoms with Gasteiger partial charge in [-0.2, -0.15) is 0 Å². The molecule has 0 fully saturated rings. The number of nitrogens with one attached hydrogen (secondary N) is 1. The number of rotatable bonds is 4. The van der Waals surface area contributed by atoms with Gasteiger partial charge in [-0.25, -0.2) is 20.4 Å². The molecule has 0 saturated heterocycles. The fourth-order valence-electron chi connectivity index (χ4n) is 1.84. The standard InChI is InChI=1S/C13H13ClN6/c1-19(13-15-5-2-6-16-13)17-7-11-9-20-8-10(14)3-4-12(20)18-11/h2-6,8-9,17H,7H2,1H3. The van der Waals surface area contributed by atoms with E-state index in [0.717, 1.165) is 11.3 Å². The maximum absolute atomic E-state index is 5.95. The summed E-state index contributed by atoms with van der Waals surface area (Å²) >= 11 is 5.95. The lowest BCUT2D eigenvalue weighted by molar-refractivity contribution is 0.651. The van der Waals surface area contributed by atoms with E-state index >= 15 is 0 Å². The Morgan fingerprint density at radius 2 is 2.05 bits per heavy atom. The SMILES string of the molecule is CN(NCc1cn2cc(Cl)ccc2n1)c1ncccn1. The number of anilines is 1. The highest BCUT2D eigenvalue weighted by molar-refractivity contribution is 6.30. The molecular weight excluding hydrogens is 276 g/mol. The molecule has 1 N–H and O–H groups in total. The van der Waals surface area contributed by atoms with Crippen LogP contribution in [0.3, 0.4) is 0 Å². The van der Waals surface area contributed by atoms with E-state index in [1.807, 2.05) is 36.0 Å². The number of fused-ring (bicyclic) bond motifs is 1.